The van der Waals surface area contributed by atoms with Crippen LogP contribution in [-0.2, 0) is 27.9 Å². The first-order valence-corrected chi connectivity index (χ1v) is 36.7. The van der Waals surface area contributed by atoms with Crippen molar-refractivity contribution in [3.05, 3.63) is 109 Å². The van der Waals surface area contributed by atoms with Crippen molar-refractivity contribution in [2.45, 2.75) is 315 Å². The second kappa shape index (κ2) is 63.7. The van der Waals surface area contributed by atoms with Crippen LogP contribution in [0.4, 0.5) is 0 Å². The number of phosphoric ester groups is 1. The Morgan fingerprint density at radius 3 is 1.16 bits per heavy atom. The summed E-state index contributed by atoms with van der Waals surface area (Å²) in [6, 6.07) is -0.878. The standard InChI is InChI=1S/C75H133N2O7P/c1-7-10-13-16-19-22-25-27-29-31-33-35-36-37-38-39-40-42-44-46-48-50-53-56-59-62-65-68-75(79)84-73(66-63-60-57-54-51-24-21-18-15-12-9-3)72(71-83-85(80,81)82-70-69-77(4,5)6)76-74(78)67-64-61-58-55-52-49-47-45-43-41-34-32-30-28-26-23-20-17-14-11-8-2/h11,14,19-20,22-23,27-30,34,41,45,47,52,55,63,66,72-73H,7-10,12-13,15-18,21,24-26,31-33,35-40,42-44,46,48-51,53-54,56-62,64-65,67-71H2,1-6H3,(H-,76,78,80,81)/p+1/b14-11-,22-19-,23-20-,29-27-,30-28-,41-34-,47-45-,55-52-,66-63-. The van der Waals surface area contributed by atoms with Gasteiger partial charge < -0.3 is 19.4 Å². The zero-order valence-electron chi connectivity index (χ0n) is 56.1. The minimum atomic E-state index is -4.47. The lowest BCUT2D eigenvalue weighted by Gasteiger charge is -2.27. The van der Waals surface area contributed by atoms with Crippen molar-refractivity contribution in [2.75, 3.05) is 40.9 Å². The summed E-state index contributed by atoms with van der Waals surface area (Å²) in [5, 5.41) is 3.04. The summed E-state index contributed by atoms with van der Waals surface area (Å²) in [4.78, 5) is 37.8. The van der Waals surface area contributed by atoms with Crippen LogP contribution < -0.4 is 5.32 Å². The molecular formula is C75H134N2O7P+. The molecule has 3 atom stereocenters. The van der Waals surface area contributed by atoms with Crippen LogP contribution in [0.2, 0.25) is 0 Å². The fraction of sp³-hybridized carbons (Fsp3) is 0.733. The third-order valence-electron chi connectivity index (χ3n) is 15.2. The lowest BCUT2D eigenvalue weighted by atomic mass is 10.0. The molecule has 9 nitrogen and oxygen atoms in total. The predicted molar refractivity (Wildman–Crippen MR) is 369 cm³/mol. The molecule has 10 heteroatoms. The number of esters is 1. The van der Waals surface area contributed by atoms with Crippen molar-refractivity contribution in [1.82, 2.24) is 5.32 Å². The molecule has 0 aromatic carbocycles. The average Bonchev–Trinajstić information content (AvgIpc) is 3.57. The molecule has 0 saturated heterocycles. The molecule has 0 saturated carbocycles. The van der Waals surface area contributed by atoms with E-state index in [0.717, 1.165) is 96.3 Å². The molecule has 0 aliphatic carbocycles. The number of hydrogen-bond acceptors (Lipinski definition) is 6. The number of likely N-dealkylation sites (N-methyl/N-ethyl adjacent to an activating group) is 1. The van der Waals surface area contributed by atoms with Crippen molar-refractivity contribution in [1.29, 1.82) is 0 Å². The van der Waals surface area contributed by atoms with E-state index in [9.17, 15) is 19.0 Å². The number of hydrogen-bond donors (Lipinski definition) is 2. The fourth-order valence-electron chi connectivity index (χ4n) is 9.80. The van der Waals surface area contributed by atoms with Gasteiger partial charge in [-0.1, -0.05) is 285 Å². The number of phosphoric acid groups is 1. The summed E-state index contributed by atoms with van der Waals surface area (Å²) in [6.07, 6.45) is 88.3. The summed E-state index contributed by atoms with van der Waals surface area (Å²) in [5.41, 5.74) is 0. The lowest BCUT2D eigenvalue weighted by molar-refractivity contribution is -0.870. The Morgan fingerprint density at radius 2 is 0.753 bits per heavy atom. The van der Waals surface area contributed by atoms with Crippen molar-refractivity contribution in [3.63, 3.8) is 0 Å². The zero-order chi connectivity index (χ0) is 62.1. The zero-order valence-corrected chi connectivity index (χ0v) is 57.0. The van der Waals surface area contributed by atoms with Crippen LogP contribution in [0.15, 0.2) is 109 Å². The van der Waals surface area contributed by atoms with Gasteiger partial charge in [0.1, 0.15) is 19.3 Å². The number of quaternary nitrogens is 1. The largest absolute Gasteiger partial charge is 0.472 e. The van der Waals surface area contributed by atoms with Gasteiger partial charge in [-0.2, -0.15) is 0 Å². The minimum absolute atomic E-state index is 0.0274. The number of carbonyl (C=O) groups excluding carboxylic acids is 2. The van der Waals surface area contributed by atoms with Gasteiger partial charge in [0.05, 0.1) is 33.8 Å². The maximum atomic E-state index is 13.6. The first-order chi connectivity index (χ1) is 41.4. The Bertz CT molecular complexity index is 1820. The third kappa shape index (κ3) is 65.0. The molecule has 3 unspecified atom stereocenters. The second-order valence-corrected chi connectivity index (χ2v) is 26.1. The SMILES string of the molecule is CC/C=C\C/C=C\C/C=C\C/C=C\C/C=C\C/C=C\CCCCC(=O)NC(COP(=O)(O)OCC[N+](C)(C)C)C(/C=C\CCCCCCCCCCC)OC(=O)CCCCCCCCCCCCCCCCCCC/C=C\C/C=C\CCCCC. The van der Waals surface area contributed by atoms with Crippen molar-refractivity contribution >= 4 is 19.7 Å². The lowest BCUT2D eigenvalue weighted by Crippen LogP contribution is -2.47. The van der Waals surface area contributed by atoms with Crippen LogP contribution in [0.1, 0.15) is 303 Å². The highest BCUT2D eigenvalue weighted by molar-refractivity contribution is 7.47. The number of amides is 1. The summed E-state index contributed by atoms with van der Waals surface area (Å²) in [5.74, 6) is -0.554. The molecule has 0 aromatic heterocycles. The second-order valence-electron chi connectivity index (χ2n) is 24.7. The Labute approximate surface area is 525 Å². The van der Waals surface area contributed by atoms with E-state index in [1.807, 2.05) is 33.3 Å². The summed E-state index contributed by atoms with van der Waals surface area (Å²) >= 11 is 0. The van der Waals surface area contributed by atoms with Gasteiger partial charge in [-0.25, -0.2) is 4.57 Å². The van der Waals surface area contributed by atoms with Crippen LogP contribution >= 0.6 is 7.82 Å². The third-order valence-corrected chi connectivity index (χ3v) is 16.2. The smallest absolute Gasteiger partial charge is 0.456 e. The number of ether oxygens (including phenoxy) is 1. The van der Waals surface area contributed by atoms with Gasteiger partial charge in [0.2, 0.25) is 5.91 Å². The molecule has 0 spiro atoms. The maximum Gasteiger partial charge on any atom is 0.472 e. The van der Waals surface area contributed by atoms with Crippen LogP contribution in [0.5, 0.6) is 0 Å². The van der Waals surface area contributed by atoms with Crippen LogP contribution in [-0.4, -0.2) is 74.3 Å². The highest BCUT2D eigenvalue weighted by Gasteiger charge is 2.30. The van der Waals surface area contributed by atoms with Gasteiger partial charge in [0.25, 0.3) is 0 Å². The number of nitrogens with zero attached hydrogens (tertiary/aromatic N) is 1. The van der Waals surface area contributed by atoms with Gasteiger partial charge in [0, 0.05) is 12.8 Å². The van der Waals surface area contributed by atoms with Gasteiger partial charge in [-0.3, -0.25) is 18.6 Å². The molecule has 1 amide bonds. The number of rotatable bonds is 63. The summed E-state index contributed by atoms with van der Waals surface area (Å²) in [7, 11) is 1.46. The Balaban J connectivity index is 5.07. The number of nitrogens with one attached hydrogen (secondary N) is 1. The monoisotopic (exact) mass is 1210 g/mol. The van der Waals surface area contributed by atoms with E-state index < -0.39 is 20.0 Å². The highest BCUT2D eigenvalue weighted by Crippen LogP contribution is 2.43. The number of allylic oxidation sites excluding steroid dienone is 17. The molecule has 0 bridgehead atoms. The number of unbranched alkanes of at least 4 members (excludes halogenated alkanes) is 31. The quantitative estimate of drug-likeness (QED) is 0.0205. The molecule has 0 fully saturated rings. The molecule has 0 rings (SSSR count). The van der Waals surface area contributed by atoms with Crippen molar-refractivity contribution in [3.8, 4) is 0 Å². The Morgan fingerprint density at radius 1 is 0.424 bits per heavy atom. The molecule has 0 aliphatic heterocycles. The van der Waals surface area contributed by atoms with E-state index in [1.54, 1.807) is 0 Å². The maximum absolute atomic E-state index is 13.6. The normalized spacial score (nSPS) is 14.2. The molecule has 0 heterocycles. The highest BCUT2D eigenvalue weighted by atomic mass is 31.2. The van der Waals surface area contributed by atoms with E-state index in [0.29, 0.717) is 17.4 Å². The van der Waals surface area contributed by atoms with Gasteiger partial charge >= 0.3 is 13.8 Å². The van der Waals surface area contributed by atoms with E-state index >= 15 is 0 Å². The van der Waals surface area contributed by atoms with Crippen LogP contribution in [0, 0.1) is 0 Å². The first-order valence-electron chi connectivity index (χ1n) is 35.2. The molecular weight excluding hydrogens is 1070 g/mol. The first kappa shape index (κ1) is 81.7. The number of carbonyl (C=O) groups is 2. The van der Waals surface area contributed by atoms with Gasteiger partial charge in [-0.05, 0) is 115 Å². The molecule has 490 valence electrons. The van der Waals surface area contributed by atoms with E-state index in [4.69, 9.17) is 13.8 Å². The van der Waals surface area contributed by atoms with Crippen LogP contribution in [0.3, 0.4) is 0 Å². The summed E-state index contributed by atoms with van der Waals surface area (Å²) < 4.78 is 30.8. The van der Waals surface area contributed by atoms with E-state index in [-0.39, 0.29) is 37.9 Å². The predicted octanol–water partition coefficient (Wildman–Crippen LogP) is 22.5. The van der Waals surface area contributed by atoms with Gasteiger partial charge in [-0.15, -0.1) is 0 Å². The van der Waals surface area contributed by atoms with E-state index in [2.05, 4.69) is 123 Å². The average molecular weight is 1210 g/mol. The molecule has 0 aromatic rings. The molecule has 2 N–H and O–H groups in total. The van der Waals surface area contributed by atoms with Crippen LogP contribution in [0.25, 0.3) is 0 Å². The fourth-order valence-corrected chi connectivity index (χ4v) is 10.5. The summed E-state index contributed by atoms with van der Waals surface area (Å²) in [6.45, 7) is 6.85. The molecule has 85 heavy (non-hydrogen) atoms. The molecule has 0 aliphatic rings. The van der Waals surface area contributed by atoms with Crippen molar-refractivity contribution in [2.24, 2.45) is 0 Å². The Kier molecular flexibility index (Phi) is 61.2. The Hall–Kier alpha value is -3.33. The molecule has 0 radical (unpaired) electrons. The topological polar surface area (TPSA) is 111 Å². The van der Waals surface area contributed by atoms with Gasteiger partial charge in [0.15, 0.2) is 0 Å². The van der Waals surface area contributed by atoms with Crippen molar-refractivity contribution < 1.29 is 37.3 Å². The van der Waals surface area contributed by atoms with E-state index in [1.165, 1.54) is 167 Å². The minimum Gasteiger partial charge on any atom is -0.456 e.